The van der Waals surface area contributed by atoms with Gasteiger partial charge in [0.1, 0.15) is 11.5 Å². The lowest BCUT2D eigenvalue weighted by molar-refractivity contribution is -0.118. The van der Waals surface area contributed by atoms with E-state index in [1.54, 1.807) is 0 Å². The number of amides is 1. The average molecular weight is 370 g/mol. The lowest BCUT2D eigenvalue weighted by atomic mass is 10.2. The molecule has 0 bridgehead atoms. The molecular weight excluding hydrogens is 348 g/mol. The van der Waals surface area contributed by atoms with Gasteiger partial charge in [-0.15, -0.1) is 0 Å². The predicted molar refractivity (Wildman–Crippen MR) is 105 cm³/mol. The molecule has 0 saturated carbocycles. The van der Waals surface area contributed by atoms with Gasteiger partial charge in [-0.3, -0.25) is 10.1 Å². The van der Waals surface area contributed by atoms with Crippen LogP contribution in [0.4, 0.5) is 5.13 Å². The molecule has 1 heterocycles. The summed E-state index contributed by atoms with van der Waals surface area (Å²) in [6, 6.07) is 13.4. The number of hydrogen-bond acceptors (Lipinski definition) is 5. The standard InChI is InChI=1S/C20H22N2O3S/c1-3-4-11-24-15-9-10-16-18(12-15)26-20(21-16)22-19(23)13-25-17-8-6-5-7-14(17)2/h5-10,12H,3-4,11,13H2,1-2H3,(H,21,22,23). The van der Waals surface area contributed by atoms with Crippen molar-refractivity contribution in [3.05, 3.63) is 48.0 Å². The first-order chi connectivity index (χ1) is 12.7. The van der Waals surface area contributed by atoms with E-state index < -0.39 is 0 Å². The molecule has 0 radical (unpaired) electrons. The molecule has 0 spiro atoms. The number of aryl methyl sites for hydroxylation is 1. The molecule has 2 aromatic carbocycles. The average Bonchev–Trinajstić information content (AvgIpc) is 3.02. The summed E-state index contributed by atoms with van der Waals surface area (Å²) in [5.41, 5.74) is 1.84. The zero-order valence-corrected chi connectivity index (χ0v) is 15.8. The Morgan fingerprint density at radius 2 is 2.04 bits per heavy atom. The molecule has 0 saturated heterocycles. The van der Waals surface area contributed by atoms with Gasteiger partial charge in [-0.1, -0.05) is 42.9 Å². The fraction of sp³-hybridized carbons (Fsp3) is 0.300. The normalized spacial score (nSPS) is 10.7. The molecule has 136 valence electrons. The highest BCUT2D eigenvalue weighted by molar-refractivity contribution is 7.22. The van der Waals surface area contributed by atoms with Crippen LogP contribution in [0.5, 0.6) is 11.5 Å². The molecule has 0 aliphatic heterocycles. The van der Waals surface area contributed by atoms with Crippen LogP contribution < -0.4 is 14.8 Å². The summed E-state index contributed by atoms with van der Waals surface area (Å²) in [4.78, 5) is 16.6. The van der Waals surface area contributed by atoms with Crippen molar-refractivity contribution in [2.75, 3.05) is 18.5 Å². The lowest BCUT2D eigenvalue weighted by Gasteiger charge is -2.07. The monoisotopic (exact) mass is 370 g/mol. The molecular formula is C20H22N2O3S. The summed E-state index contributed by atoms with van der Waals surface area (Å²) in [5, 5.41) is 3.35. The molecule has 0 unspecified atom stereocenters. The number of fused-ring (bicyclic) bond motifs is 1. The van der Waals surface area contributed by atoms with Crippen LogP contribution in [0.2, 0.25) is 0 Å². The molecule has 0 atom stereocenters. The van der Waals surface area contributed by atoms with Crippen molar-refractivity contribution in [1.29, 1.82) is 0 Å². The summed E-state index contributed by atoms with van der Waals surface area (Å²) in [6.45, 7) is 4.74. The molecule has 26 heavy (non-hydrogen) atoms. The number of benzene rings is 2. The minimum absolute atomic E-state index is 0.0494. The van der Waals surface area contributed by atoms with Crippen LogP contribution >= 0.6 is 11.3 Å². The van der Waals surface area contributed by atoms with Gasteiger partial charge in [0.25, 0.3) is 5.91 Å². The van der Waals surface area contributed by atoms with Crippen molar-refractivity contribution < 1.29 is 14.3 Å². The summed E-state index contributed by atoms with van der Waals surface area (Å²) in [7, 11) is 0. The topological polar surface area (TPSA) is 60.5 Å². The number of thiazole rings is 1. The summed E-state index contributed by atoms with van der Waals surface area (Å²) in [6.07, 6.45) is 2.13. The van der Waals surface area contributed by atoms with Crippen LogP contribution in [0.25, 0.3) is 10.2 Å². The first kappa shape index (κ1) is 18.2. The highest BCUT2D eigenvalue weighted by Crippen LogP contribution is 2.29. The molecule has 1 aromatic heterocycles. The zero-order chi connectivity index (χ0) is 18.4. The second-order valence-corrected chi connectivity index (χ2v) is 6.98. The number of nitrogens with one attached hydrogen (secondary N) is 1. The van der Waals surface area contributed by atoms with Gasteiger partial charge in [-0.05, 0) is 43.2 Å². The maximum absolute atomic E-state index is 12.1. The number of unbranched alkanes of at least 4 members (excludes halogenated alkanes) is 1. The Labute approximate surface area is 157 Å². The first-order valence-electron chi connectivity index (χ1n) is 8.67. The molecule has 1 amide bonds. The van der Waals surface area contributed by atoms with Gasteiger partial charge in [0.15, 0.2) is 11.7 Å². The quantitative estimate of drug-likeness (QED) is 0.579. The van der Waals surface area contributed by atoms with Gasteiger partial charge in [0, 0.05) is 0 Å². The SMILES string of the molecule is CCCCOc1ccc2nc(NC(=O)COc3ccccc3C)sc2c1. The number of para-hydroxylation sites is 1. The Bertz CT molecular complexity index is 892. The van der Waals surface area contributed by atoms with Crippen LogP contribution in [0.3, 0.4) is 0 Å². The molecule has 0 fully saturated rings. The smallest absolute Gasteiger partial charge is 0.264 e. The second kappa shape index (κ2) is 8.67. The number of carbonyl (C=O) groups excluding carboxylic acids is 1. The van der Waals surface area contributed by atoms with E-state index in [9.17, 15) is 4.79 Å². The number of carbonyl (C=O) groups is 1. The van der Waals surface area contributed by atoms with Crippen molar-refractivity contribution in [2.45, 2.75) is 26.7 Å². The summed E-state index contributed by atoms with van der Waals surface area (Å²) in [5.74, 6) is 1.31. The highest BCUT2D eigenvalue weighted by atomic mass is 32.1. The van der Waals surface area contributed by atoms with Gasteiger partial charge in [0.05, 0.1) is 16.8 Å². The summed E-state index contributed by atoms with van der Waals surface area (Å²) >= 11 is 1.43. The Morgan fingerprint density at radius 3 is 2.85 bits per heavy atom. The Morgan fingerprint density at radius 1 is 1.19 bits per heavy atom. The number of aromatic nitrogens is 1. The Kier molecular flexibility index (Phi) is 6.07. The van der Waals surface area contributed by atoms with E-state index in [0.717, 1.165) is 34.4 Å². The zero-order valence-electron chi connectivity index (χ0n) is 15.0. The van der Waals surface area contributed by atoms with Crippen LogP contribution in [0.1, 0.15) is 25.3 Å². The summed E-state index contributed by atoms with van der Waals surface area (Å²) < 4.78 is 12.3. The van der Waals surface area contributed by atoms with Crippen molar-refractivity contribution in [2.24, 2.45) is 0 Å². The van der Waals surface area contributed by atoms with Gasteiger partial charge < -0.3 is 9.47 Å². The number of hydrogen-bond donors (Lipinski definition) is 1. The molecule has 3 rings (SSSR count). The Hall–Kier alpha value is -2.60. The van der Waals surface area contributed by atoms with Gasteiger partial charge in [-0.2, -0.15) is 0 Å². The van der Waals surface area contributed by atoms with E-state index in [0.29, 0.717) is 17.5 Å². The van der Waals surface area contributed by atoms with Crippen molar-refractivity contribution >= 4 is 32.6 Å². The van der Waals surface area contributed by atoms with E-state index in [4.69, 9.17) is 9.47 Å². The molecule has 0 aliphatic carbocycles. The largest absolute Gasteiger partial charge is 0.494 e. The molecule has 6 heteroatoms. The van der Waals surface area contributed by atoms with Crippen molar-refractivity contribution in [3.8, 4) is 11.5 Å². The third-order valence-corrected chi connectivity index (χ3v) is 4.76. The first-order valence-corrected chi connectivity index (χ1v) is 9.49. The third-order valence-electron chi connectivity index (χ3n) is 3.83. The maximum Gasteiger partial charge on any atom is 0.264 e. The lowest BCUT2D eigenvalue weighted by Crippen LogP contribution is -2.20. The second-order valence-electron chi connectivity index (χ2n) is 5.95. The molecule has 1 N–H and O–H groups in total. The van der Waals surface area contributed by atoms with E-state index in [1.165, 1.54) is 11.3 Å². The maximum atomic E-state index is 12.1. The number of nitrogens with zero attached hydrogens (tertiary/aromatic N) is 1. The van der Waals surface area contributed by atoms with Crippen LogP contribution in [0, 0.1) is 6.92 Å². The predicted octanol–water partition coefficient (Wildman–Crippen LogP) is 4.80. The third kappa shape index (κ3) is 4.73. The van der Waals surface area contributed by atoms with E-state index in [1.807, 2.05) is 49.4 Å². The fourth-order valence-electron chi connectivity index (χ4n) is 2.40. The van der Waals surface area contributed by atoms with E-state index in [2.05, 4.69) is 17.2 Å². The molecule has 5 nitrogen and oxygen atoms in total. The minimum atomic E-state index is -0.230. The highest BCUT2D eigenvalue weighted by Gasteiger charge is 2.10. The van der Waals surface area contributed by atoms with E-state index in [-0.39, 0.29) is 12.5 Å². The number of rotatable bonds is 8. The van der Waals surface area contributed by atoms with Gasteiger partial charge in [-0.25, -0.2) is 4.98 Å². The van der Waals surface area contributed by atoms with Gasteiger partial charge >= 0.3 is 0 Å². The van der Waals surface area contributed by atoms with Crippen LogP contribution in [-0.2, 0) is 4.79 Å². The fourth-order valence-corrected chi connectivity index (χ4v) is 3.31. The molecule has 3 aromatic rings. The van der Waals surface area contributed by atoms with Crippen molar-refractivity contribution in [3.63, 3.8) is 0 Å². The minimum Gasteiger partial charge on any atom is -0.494 e. The van der Waals surface area contributed by atoms with Crippen LogP contribution in [-0.4, -0.2) is 24.1 Å². The van der Waals surface area contributed by atoms with Crippen LogP contribution in [0.15, 0.2) is 42.5 Å². The number of ether oxygens (including phenoxy) is 2. The number of anilines is 1. The molecule has 0 aliphatic rings. The van der Waals surface area contributed by atoms with Gasteiger partial charge in [0.2, 0.25) is 0 Å². The van der Waals surface area contributed by atoms with E-state index >= 15 is 0 Å². The Balaban J connectivity index is 1.59. The van der Waals surface area contributed by atoms with Crippen molar-refractivity contribution in [1.82, 2.24) is 4.98 Å².